The average Bonchev–Trinajstić information content (AvgIpc) is 3.85. The third-order valence-electron chi connectivity index (χ3n) is 11.8. The number of rotatable bonds is 13. The van der Waals surface area contributed by atoms with E-state index in [1.54, 1.807) is 48.5 Å². The molecule has 0 unspecified atom stereocenters. The molecular weight excluding hydrogens is 851 g/mol. The van der Waals surface area contributed by atoms with Crippen LogP contribution in [0.3, 0.4) is 0 Å². The first-order valence-corrected chi connectivity index (χ1v) is 23.1. The van der Waals surface area contributed by atoms with Crippen LogP contribution in [0.4, 0.5) is 0 Å². The molecule has 8 rings (SSSR count). The van der Waals surface area contributed by atoms with Crippen LogP contribution < -0.4 is 20.7 Å². The van der Waals surface area contributed by atoms with E-state index in [1.807, 2.05) is 109 Å². The maximum Gasteiger partial charge on any atom is 0.326 e. The van der Waals surface area contributed by atoms with Crippen LogP contribution in [0, 0.1) is 11.8 Å². The number of hydrogen-bond acceptors (Lipinski definition) is 8. The number of fused-ring (bicyclic) bond motifs is 16. The lowest BCUT2D eigenvalue weighted by atomic mass is 9.89. The number of hydrogen-bond donors (Lipinski definition) is 4. The van der Waals surface area contributed by atoms with Crippen molar-refractivity contribution in [2.45, 2.75) is 69.5 Å². The number of carbonyl (C=O) groups is 6. The number of nitrogens with one attached hydrogen (secondary N) is 3. The van der Waals surface area contributed by atoms with Gasteiger partial charge in [0.15, 0.2) is 11.6 Å². The van der Waals surface area contributed by atoms with Crippen LogP contribution in [0.5, 0.6) is 5.75 Å². The van der Waals surface area contributed by atoms with Crippen molar-refractivity contribution >= 4 is 46.6 Å². The van der Waals surface area contributed by atoms with E-state index in [2.05, 4.69) is 16.0 Å². The Balaban J connectivity index is 1.22. The fourth-order valence-electron chi connectivity index (χ4n) is 8.16. The molecule has 2 aliphatic rings. The maximum atomic E-state index is 14.7. The summed E-state index contributed by atoms with van der Waals surface area (Å²) in [4.78, 5) is 85.0. The van der Waals surface area contributed by atoms with Gasteiger partial charge in [0.1, 0.15) is 24.4 Å². The first kappa shape index (κ1) is 46.8. The highest BCUT2D eigenvalue weighted by Gasteiger charge is 2.34. The quantitative estimate of drug-likeness (QED) is 0.0931. The number of Topliss-reactive ketones (excluding diaryl/α,β-unsaturated/α-hetero) is 2. The van der Waals surface area contributed by atoms with Crippen molar-refractivity contribution in [3.63, 3.8) is 0 Å². The van der Waals surface area contributed by atoms with Crippen LogP contribution in [0.25, 0.3) is 11.1 Å². The second-order valence-electron chi connectivity index (χ2n) is 16.7. The molecule has 0 aliphatic carbocycles. The zero-order valence-corrected chi connectivity index (χ0v) is 37.3. The molecule has 66 heavy (non-hydrogen) atoms. The molecule has 1 aromatic heterocycles. The highest BCUT2D eigenvalue weighted by Crippen LogP contribution is 2.24. The number of ether oxygens (including phenoxy) is 1. The zero-order valence-electron chi connectivity index (χ0n) is 36.5. The number of thiophene rings is 1. The molecule has 0 spiro atoms. The van der Waals surface area contributed by atoms with Crippen LogP contribution in [-0.2, 0) is 60.9 Å². The number of carboxylic acids is 1. The fourth-order valence-corrected chi connectivity index (χ4v) is 8.94. The number of benzene rings is 5. The minimum atomic E-state index is -1.27. The molecular formula is C54H53N3O8S. The smallest absolute Gasteiger partial charge is 0.326 e. The molecule has 12 heteroatoms. The van der Waals surface area contributed by atoms with Gasteiger partial charge in [-0.3, -0.25) is 24.0 Å². The monoisotopic (exact) mass is 903 g/mol. The van der Waals surface area contributed by atoms with Gasteiger partial charge in [0.05, 0.1) is 6.04 Å². The largest absolute Gasteiger partial charge is 0.486 e. The number of aliphatic carboxylic acids is 1. The summed E-state index contributed by atoms with van der Waals surface area (Å²) < 4.78 is 5.88. The number of carbonyl (C=O) groups excluding carboxylic acids is 5. The first-order valence-electron chi connectivity index (χ1n) is 22.2. The van der Waals surface area contributed by atoms with Crippen molar-refractivity contribution in [2.24, 2.45) is 11.8 Å². The van der Waals surface area contributed by atoms with Gasteiger partial charge in [0, 0.05) is 42.4 Å². The summed E-state index contributed by atoms with van der Waals surface area (Å²) in [5, 5.41) is 20.7. The predicted octanol–water partition coefficient (Wildman–Crippen LogP) is 7.40. The van der Waals surface area contributed by atoms with Crippen molar-refractivity contribution in [3.05, 3.63) is 184 Å². The van der Waals surface area contributed by atoms with Gasteiger partial charge >= 0.3 is 5.97 Å². The Morgan fingerprint density at radius 3 is 1.94 bits per heavy atom. The van der Waals surface area contributed by atoms with Gasteiger partial charge in [-0.1, -0.05) is 133 Å². The van der Waals surface area contributed by atoms with Gasteiger partial charge in [-0.25, -0.2) is 4.79 Å². The van der Waals surface area contributed by atoms with Crippen LogP contribution >= 0.6 is 11.3 Å². The van der Waals surface area contributed by atoms with Crippen molar-refractivity contribution in [1.29, 1.82) is 0 Å². The molecule has 5 aromatic carbocycles. The van der Waals surface area contributed by atoms with E-state index in [9.17, 15) is 33.9 Å². The Labute approximate surface area is 388 Å². The molecule has 0 saturated carbocycles. The lowest BCUT2D eigenvalue weighted by Gasteiger charge is -2.26. The Hall–Kier alpha value is -7.18. The molecule has 2 aliphatic heterocycles. The van der Waals surface area contributed by atoms with Gasteiger partial charge in [-0.15, -0.1) is 11.3 Å². The molecule has 338 valence electrons. The van der Waals surface area contributed by atoms with Crippen LogP contribution in [0.1, 0.15) is 46.4 Å². The van der Waals surface area contributed by atoms with Crippen molar-refractivity contribution in [1.82, 2.24) is 16.0 Å². The van der Waals surface area contributed by atoms with Gasteiger partial charge < -0.3 is 25.8 Å². The second-order valence-corrected chi connectivity index (χ2v) is 17.8. The van der Waals surface area contributed by atoms with Gasteiger partial charge in [0.2, 0.25) is 17.7 Å². The van der Waals surface area contributed by atoms with E-state index in [1.165, 1.54) is 11.3 Å². The molecule has 5 atom stereocenters. The summed E-state index contributed by atoms with van der Waals surface area (Å²) in [7, 11) is 0. The van der Waals surface area contributed by atoms with E-state index < -0.39 is 59.4 Å². The third kappa shape index (κ3) is 13.7. The molecule has 0 fully saturated rings. The SMILES string of the molecule is O=C1COc2ccc(cc2)C[C@H](C(=O)N[C@@H](Cc2ccccc2)C(=O)O)CC(=O)[C@@H](CCc2ccccc2)NC(=O)[C@H](Cc2ccc(-c3ccccc3)cc2)NC(=O)[C@@H](Cc2cccs2)C1. The topological polar surface area (TPSA) is 168 Å². The molecule has 6 aromatic rings. The Kier molecular flexibility index (Phi) is 16.4. The zero-order chi connectivity index (χ0) is 46.3. The minimum absolute atomic E-state index is 0.0272. The molecule has 0 radical (unpaired) electrons. The minimum Gasteiger partial charge on any atom is -0.486 e. The van der Waals surface area contributed by atoms with E-state index >= 15 is 0 Å². The summed E-state index contributed by atoms with van der Waals surface area (Å²) in [6.07, 6.45) is 0.566. The average molecular weight is 904 g/mol. The summed E-state index contributed by atoms with van der Waals surface area (Å²) in [5.41, 5.74) is 5.06. The van der Waals surface area contributed by atoms with Gasteiger partial charge in [-0.05, 0) is 82.6 Å². The predicted molar refractivity (Wildman–Crippen MR) is 254 cm³/mol. The van der Waals surface area contributed by atoms with E-state index in [0.29, 0.717) is 23.3 Å². The summed E-state index contributed by atoms with van der Waals surface area (Å²) in [6.45, 7) is -0.300. The summed E-state index contributed by atoms with van der Waals surface area (Å²) >= 11 is 1.47. The molecule has 2 bridgehead atoms. The number of amides is 3. The third-order valence-corrected chi connectivity index (χ3v) is 12.7. The van der Waals surface area contributed by atoms with Crippen LogP contribution in [0.2, 0.25) is 0 Å². The molecule has 0 saturated heterocycles. The molecule has 4 N–H and O–H groups in total. The highest BCUT2D eigenvalue weighted by molar-refractivity contribution is 7.09. The van der Waals surface area contributed by atoms with E-state index in [0.717, 1.165) is 27.1 Å². The lowest BCUT2D eigenvalue weighted by Crippen LogP contribution is -2.54. The standard InChI is InChI=1S/C54H53N3O8S/c58-44-32-43(33-46-17-10-28-66-46)52(61)56-48(30-39-18-23-41(24-19-39)40-15-8-3-9-16-40)53(62)55-47(27-22-36-11-4-1-5-12-36)50(59)34-42(29-38-20-25-45(26-21-38)65-35-44)51(60)57-49(54(63)64)31-37-13-6-2-7-14-37/h1-21,23-26,28,42-43,47-49H,22,27,29-35H2,(H,55,62)(H,56,61)(H,57,60)(H,63,64)/t42-,43+,47+,48-,49-/m0/s1. The Bertz CT molecular complexity index is 2550. The Morgan fingerprint density at radius 1 is 0.652 bits per heavy atom. The van der Waals surface area contributed by atoms with E-state index in [-0.39, 0.29) is 57.3 Å². The second kappa shape index (κ2) is 23.1. The van der Waals surface area contributed by atoms with Crippen LogP contribution in [0.15, 0.2) is 157 Å². The summed E-state index contributed by atoms with van der Waals surface area (Å²) in [5.74, 6) is -5.14. The molecule has 3 heterocycles. The highest BCUT2D eigenvalue weighted by atomic mass is 32.1. The molecule has 3 amide bonds. The van der Waals surface area contributed by atoms with Crippen LogP contribution in [-0.4, -0.2) is 65.1 Å². The van der Waals surface area contributed by atoms with Gasteiger partial charge in [0.25, 0.3) is 0 Å². The fraction of sp³-hybridized carbons (Fsp3) is 0.259. The number of carboxylic acid groups (broad SMARTS) is 1. The first-order chi connectivity index (χ1) is 32.1. The summed E-state index contributed by atoms with van der Waals surface area (Å²) in [6, 6.07) is 43.1. The number of ketones is 2. The molecule has 11 nitrogen and oxygen atoms in total. The van der Waals surface area contributed by atoms with Crippen molar-refractivity contribution in [3.8, 4) is 16.9 Å². The van der Waals surface area contributed by atoms with Gasteiger partial charge in [-0.2, -0.15) is 0 Å². The Morgan fingerprint density at radius 2 is 1.29 bits per heavy atom. The van der Waals surface area contributed by atoms with Crippen molar-refractivity contribution in [2.75, 3.05) is 6.61 Å². The van der Waals surface area contributed by atoms with Crippen molar-refractivity contribution < 1.29 is 38.6 Å². The van der Waals surface area contributed by atoms with E-state index in [4.69, 9.17) is 4.74 Å². The normalized spacial score (nSPS) is 19.0. The maximum absolute atomic E-state index is 14.7. The lowest BCUT2D eigenvalue weighted by molar-refractivity contribution is -0.142. The number of aryl methyl sites for hydroxylation is 1.